The predicted octanol–water partition coefficient (Wildman–Crippen LogP) is 4.74. The Kier molecular flexibility index (Phi) is 5.06. The number of carbonyl (C=O) groups is 1. The number of carbonyl (C=O) groups excluding carboxylic acids is 1. The highest BCUT2D eigenvalue weighted by Gasteiger charge is 2.30. The standard InChI is InChI=1S/C23H21N3OS/c1-3-16-8-9-20-18(11-16)12-19(13-24)23(25-20)28-14-22(27)26-15(2)10-17-6-4-5-7-21(17)26/h4-9,11-12,15H,3,10,14H2,1-2H3/t15-/m1/s1. The maximum absolute atomic E-state index is 12.9. The van der Waals surface area contributed by atoms with Crippen molar-refractivity contribution in [3.8, 4) is 6.07 Å². The van der Waals surface area contributed by atoms with Crippen molar-refractivity contribution >= 4 is 34.3 Å². The lowest BCUT2D eigenvalue weighted by Crippen LogP contribution is -2.37. The smallest absolute Gasteiger partial charge is 0.237 e. The number of pyridine rings is 1. The van der Waals surface area contributed by atoms with Crippen LogP contribution in [0.4, 0.5) is 5.69 Å². The predicted molar refractivity (Wildman–Crippen MR) is 114 cm³/mol. The van der Waals surface area contributed by atoms with E-state index in [-0.39, 0.29) is 17.7 Å². The lowest BCUT2D eigenvalue weighted by atomic mass is 10.1. The van der Waals surface area contributed by atoms with E-state index in [9.17, 15) is 10.1 Å². The molecule has 0 N–H and O–H groups in total. The molecule has 0 saturated carbocycles. The second-order valence-corrected chi connectivity index (χ2v) is 8.03. The Labute approximate surface area is 169 Å². The largest absolute Gasteiger partial charge is 0.308 e. The van der Waals surface area contributed by atoms with Gasteiger partial charge >= 0.3 is 0 Å². The topological polar surface area (TPSA) is 57.0 Å². The molecular formula is C23H21N3OS. The van der Waals surface area contributed by atoms with Crippen molar-refractivity contribution in [3.05, 3.63) is 65.2 Å². The molecule has 4 nitrogen and oxygen atoms in total. The summed E-state index contributed by atoms with van der Waals surface area (Å²) in [6.45, 7) is 4.18. The lowest BCUT2D eigenvalue weighted by molar-refractivity contribution is -0.116. The highest BCUT2D eigenvalue weighted by atomic mass is 32.2. The van der Waals surface area contributed by atoms with Gasteiger partial charge in [-0.25, -0.2) is 4.98 Å². The molecule has 2 aromatic carbocycles. The van der Waals surface area contributed by atoms with Crippen molar-refractivity contribution in [2.45, 2.75) is 37.8 Å². The fourth-order valence-electron chi connectivity index (χ4n) is 3.76. The molecule has 0 radical (unpaired) electrons. The fraction of sp³-hybridized carbons (Fsp3) is 0.261. The van der Waals surface area contributed by atoms with E-state index in [1.54, 1.807) is 0 Å². The van der Waals surface area contributed by atoms with Gasteiger partial charge in [0.25, 0.3) is 0 Å². The number of anilines is 1. The third kappa shape index (κ3) is 3.36. The minimum Gasteiger partial charge on any atom is -0.308 e. The molecule has 1 aliphatic heterocycles. The summed E-state index contributed by atoms with van der Waals surface area (Å²) in [6.07, 6.45) is 1.82. The SMILES string of the molecule is CCc1ccc2nc(SCC(=O)N3c4ccccc4C[C@H]3C)c(C#N)cc2c1. The Morgan fingerprint density at radius 3 is 2.89 bits per heavy atom. The average molecular weight is 388 g/mol. The van der Waals surface area contributed by atoms with Crippen molar-refractivity contribution < 1.29 is 4.79 Å². The van der Waals surface area contributed by atoms with Crippen LogP contribution in [0, 0.1) is 11.3 Å². The number of nitriles is 1. The molecule has 0 bridgehead atoms. The summed E-state index contributed by atoms with van der Waals surface area (Å²) in [5, 5.41) is 11.1. The summed E-state index contributed by atoms with van der Waals surface area (Å²) in [6, 6.07) is 18.4. The maximum Gasteiger partial charge on any atom is 0.237 e. The molecule has 140 valence electrons. The van der Waals surface area contributed by atoms with Crippen molar-refractivity contribution in [1.29, 1.82) is 5.26 Å². The molecule has 4 rings (SSSR count). The minimum atomic E-state index is 0.0505. The quantitative estimate of drug-likeness (QED) is 0.607. The first-order valence-corrected chi connectivity index (χ1v) is 10.5. The van der Waals surface area contributed by atoms with Crippen LogP contribution in [0.15, 0.2) is 53.6 Å². The first-order valence-electron chi connectivity index (χ1n) is 9.47. The number of thioether (sulfide) groups is 1. The number of fused-ring (bicyclic) bond motifs is 2. The Balaban J connectivity index is 1.57. The van der Waals surface area contributed by atoms with Crippen molar-refractivity contribution in [2.75, 3.05) is 10.7 Å². The first kappa shape index (κ1) is 18.5. The number of para-hydroxylation sites is 1. The highest BCUT2D eigenvalue weighted by Crippen LogP contribution is 2.33. The van der Waals surface area contributed by atoms with Crippen LogP contribution in [-0.2, 0) is 17.6 Å². The van der Waals surface area contributed by atoms with Gasteiger partial charge in [-0.15, -0.1) is 0 Å². The molecule has 2 heterocycles. The summed E-state index contributed by atoms with van der Waals surface area (Å²) >= 11 is 1.34. The summed E-state index contributed by atoms with van der Waals surface area (Å²) in [5.74, 6) is 0.313. The molecule has 1 amide bonds. The molecule has 28 heavy (non-hydrogen) atoms. The molecule has 3 aromatic rings. The summed E-state index contributed by atoms with van der Waals surface area (Å²) < 4.78 is 0. The highest BCUT2D eigenvalue weighted by molar-refractivity contribution is 8.00. The second kappa shape index (κ2) is 7.65. The Hall–Kier alpha value is -2.84. The number of benzene rings is 2. The van der Waals surface area contributed by atoms with E-state index in [1.165, 1.54) is 22.9 Å². The van der Waals surface area contributed by atoms with Gasteiger partial charge in [0, 0.05) is 17.1 Å². The number of rotatable bonds is 4. The number of hydrogen-bond acceptors (Lipinski definition) is 4. The molecule has 0 spiro atoms. The number of aromatic nitrogens is 1. The Morgan fingerprint density at radius 2 is 2.11 bits per heavy atom. The number of aryl methyl sites for hydroxylation is 1. The van der Waals surface area contributed by atoms with E-state index in [1.807, 2.05) is 35.2 Å². The van der Waals surface area contributed by atoms with Crippen LogP contribution in [-0.4, -0.2) is 22.7 Å². The van der Waals surface area contributed by atoms with Crippen LogP contribution in [0.5, 0.6) is 0 Å². The summed E-state index contributed by atoms with van der Waals surface area (Å²) in [4.78, 5) is 19.5. The molecule has 0 saturated heterocycles. The lowest BCUT2D eigenvalue weighted by Gasteiger charge is -2.22. The zero-order chi connectivity index (χ0) is 19.7. The summed E-state index contributed by atoms with van der Waals surface area (Å²) in [7, 11) is 0. The van der Waals surface area contributed by atoms with E-state index in [2.05, 4.69) is 43.1 Å². The van der Waals surface area contributed by atoms with Gasteiger partial charge in [-0.3, -0.25) is 4.79 Å². The molecule has 0 aliphatic carbocycles. The van der Waals surface area contributed by atoms with Gasteiger partial charge in [-0.2, -0.15) is 5.26 Å². The van der Waals surface area contributed by atoms with E-state index in [4.69, 9.17) is 0 Å². The van der Waals surface area contributed by atoms with Crippen LogP contribution in [0.1, 0.15) is 30.5 Å². The first-order chi connectivity index (χ1) is 13.6. The molecule has 0 unspecified atom stereocenters. The van der Waals surface area contributed by atoms with Gasteiger partial charge in [-0.1, -0.05) is 43.0 Å². The van der Waals surface area contributed by atoms with Crippen molar-refractivity contribution in [1.82, 2.24) is 4.98 Å². The second-order valence-electron chi connectivity index (χ2n) is 7.07. The van der Waals surface area contributed by atoms with Crippen molar-refractivity contribution in [2.24, 2.45) is 0 Å². The normalized spacial score (nSPS) is 15.5. The van der Waals surface area contributed by atoms with E-state index in [0.29, 0.717) is 10.6 Å². The monoisotopic (exact) mass is 387 g/mol. The van der Waals surface area contributed by atoms with Gasteiger partial charge in [0.15, 0.2) is 0 Å². The number of nitrogens with zero attached hydrogens (tertiary/aromatic N) is 3. The number of amides is 1. The summed E-state index contributed by atoms with van der Waals surface area (Å²) in [5.41, 5.74) is 4.80. The van der Waals surface area contributed by atoms with Gasteiger partial charge in [0.05, 0.1) is 16.8 Å². The average Bonchev–Trinajstić information content (AvgIpc) is 3.06. The molecule has 1 aromatic heterocycles. The van der Waals surface area contributed by atoms with Crippen LogP contribution in [0.3, 0.4) is 0 Å². The molecular weight excluding hydrogens is 366 g/mol. The molecule has 0 fully saturated rings. The van der Waals surface area contributed by atoms with E-state index in [0.717, 1.165) is 29.4 Å². The molecule has 5 heteroatoms. The Bertz CT molecular complexity index is 1100. The van der Waals surface area contributed by atoms with Crippen molar-refractivity contribution in [3.63, 3.8) is 0 Å². The van der Waals surface area contributed by atoms with Crippen LogP contribution >= 0.6 is 11.8 Å². The van der Waals surface area contributed by atoms with E-state index < -0.39 is 0 Å². The van der Waals surface area contributed by atoms with Crippen LogP contribution < -0.4 is 4.90 Å². The zero-order valence-electron chi connectivity index (χ0n) is 16.0. The van der Waals surface area contributed by atoms with E-state index >= 15 is 0 Å². The third-order valence-corrected chi connectivity index (χ3v) is 6.16. The van der Waals surface area contributed by atoms with Crippen LogP contribution in [0.25, 0.3) is 10.9 Å². The molecule has 1 aliphatic rings. The Morgan fingerprint density at radius 1 is 1.29 bits per heavy atom. The van der Waals surface area contributed by atoms with Gasteiger partial charge in [0.2, 0.25) is 5.91 Å². The van der Waals surface area contributed by atoms with Gasteiger partial charge < -0.3 is 4.90 Å². The molecule has 1 atom stereocenters. The van der Waals surface area contributed by atoms with Gasteiger partial charge in [0.1, 0.15) is 11.1 Å². The zero-order valence-corrected chi connectivity index (χ0v) is 16.8. The maximum atomic E-state index is 12.9. The number of hydrogen-bond donors (Lipinski definition) is 0. The fourth-order valence-corrected chi connectivity index (χ4v) is 4.59. The van der Waals surface area contributed by atoms with Gasteiger partial charge in [-0.05, 0) is 55.2 Å². The third-order valence-electron chi connectivity index (χ3n) is 5.18. The van der Waals surface area contributed by atoms with Crippen LogP contribution in [0.2, 0.25) is 0 Å². The minimum absolute atomic E-state index is 0.0505.